The fourth-order valence-corrected chi connectivity index (χ4v) is 2.43. The van der Waals surface area contributed by atoms with Crippen LogP contribution in [0.25, 0.3) is 0 Å². The molecule has 1 unspecified atom stereocenters. The van der Waals surface area contributed by atoms with E-state index in [0.717, 1.165) is 10.0 Å². The highest BCUT2D eigenvalue weighted by atomic mass is 79.9. The molecule has 0 aliphatic heterocycles. The van der Waals surface area contributed by atoms with E-state index in [1.54, 1.807) is 17.9 Å². The number of para-hydroxylation sites is 1. The molecule has 0 spiro atoms. The fraction of sp³-hybridized carbons (Fsp3) is 0.308. The molecule has 0 saturated carbocycles. The topological polar surface area (TPSA) is 47.3 Å². The molecule has 0 amide bonds. The largest absolute Gasteiger partial charge is 0.493 e. The molecule has 0 saturated heterocycles. The van der Waals surface area contributed by atoms with E-state index >= 15 is 0 Å². The van der Waals surface area contributed by atoms with Crippen LogP contribution >= 0.6 is 15.9 Å². The van der Waals surface area contributed by atoms with E-state index in [9.17, 15) is 5.11 Å². The first-order valence-corrected chi connectivity index (χ1v) is 6.51. The van der Waals surface area contributed by atoms with Crippen molar-refractivity contribution in [3.63, 3.8) is 0 Å². The molecule has 1 heterocycles. The first kappa shape index (κ1) is 13.1. The van der Waals surface area contributed by atoms with Crippen molar-refractivity contribution in [1.29, 1.82) is 0 Å². The van der Waals surface area contributed by atoms with Gasteiger partial charge in [-0.05, 0) is 28.9 Å². The van der Waals surface area contributed by atoms with E-state index in [2.05, 4.69) is 21.0 Å². The number of aryl methyl sites for hydroxylation is 1. The molecule has 0 aliphatic carbocycles. The van der Waals surface area contributed by atoms with Gasteiger partial charge < -0.3 is 9.84 Å². The van der Waals surface area contributed by atoms with Crippen LogP contribution in [0.5, 0.6) is 5.75 Å². The predicted octanol–water partition coefficient (Wildman–Crippen LogP) is 2.66. The summed E-state index contributed by atoms with van der Waals surface area (Å²) in [5.41, 5.74) is 1.45. The molecule has 1 aromatic carbocycles. The Hall–Kier alpha value is -1.33. The molecule has 1 atom stereocenters. The van der Waals surface area contributed by atoms with Gasteiger partial charge in [0.15, 0.2) is 0 Å². The molecular formula is C13H15BrN2O2. The Morgan fingerprint density at radius 3 is 2.78 bits per heavy atom. The quantitative estimate of drug-likeness (QED) is 0.944. The predicted molar refractivity (Wildman–Crippen MR) is 72.6 cm³/mol. The number of aromatic nitrogens is 2. The number of halogens is 1. The van der Waals surface area contributed by atoms with Gasteiger partial charge in [0.2, 0.25) is 0 Å². The second-order valence-corrected chi connectivity index (χ2v) is 4.73. The third-order valence-electron chi connectivity index (χ3n) is 2.71. The summed E-state index contributed by atoms with van der Waals surface area (Å²) in [6.07, 6.45) is 0.900. The van der Waals surface area contributed by atoms with Crippen molar-refractivity contribution in [3.05, 3.63) is 46.2 Å². The highest BCUT2D eigenvalue weighted by Crippen LogP contribution is 2.33. The van der Waals surface area contributed by atoms with Crippen LogP contribution in [-0.2, 0) is 7.05 Å². The number of benzene rings is 1. The van der Waals surface area contributed by atoms with Crippen LogP contribution in [-0.4, -0.2) is 21.5 Å². The molecule has 0 radical (unpaired) electrons. The first-order chi connectivity index (χ1) is 8.65. The van der Waals surface area contributed by atoms with Crippen LogP contribution in [0.4, 0.5) is 0 Å². The summed E-state index contributed by atoms with van der Waals surface area (Å²) in [4.78, 5) is 0. The number of aliphatic hydroxyl groups is 1. The molecule has 1 N–H and O–H groups in total. The second-order valence-electron chi connectivity index (χ2n) is 3.87. The summed E-state index contributed by atoms with van der Waals surface area (Å²) in [6.45, 7) is 2.49. The van der Waals surface area contributed by atoms with Crippen LogP contribution < -0.4 is 4.74 Å². The van der Waals surface area contributed by atoms with Crippen LogP contribution in [0.3, 0.4) is 0 Å². The van der Waals surface area contributed by atoms with Gasteiger partial charge in [-0.25, -0.2) is 0 Å². The van der Waals surface area contributed by atoms with Crippen molar-refractivity contribution < 1.29 is 9.84 Å². The lowest BCUT2D eigenvalue weighted by atomic mass is 10.1. The minimum Gasteiger partial charge on any atom is -0.493 e. The number of ether oxygens (including phenoxy) is 1. The summed E-state index contributed by atoms with van der Waals surface area (Å²) in [7, 11) is 1.80. The van der Waals surface area contributed by atoms with Crippen molar-refractivity contribution in [2.24, 2.45) is 7.05 Å². The Morgan fingerprint density at radius 1 is 1.44 bits per heavy atom. The normalized spacial score (nSPS) is 12.4. The number of hydrogen-bond donors (Lipinski definition) is 1. The van der Waals surface area contributed by atoms with Gasteiger partial charge in [-0.1, -0.05) is 18.2 Å². The van der Waals surface area contributed by atoms with E-state index in [-0.39, 0.29) is 0 Å². The second kappa shape index (κ2) is 5.54. The third-order valence-corrected chi connectivity index (χ3v) is 3.32. The van der Waals surface area contributed by atoms with Crippen molar-refractivity contribution in [3.8, 4) is 5.75 Å². The lowest BCUT2D eigenvalue weighted by molar-refractivity contribution is 0.201. The minimum atomic E-state index is -0.769. The maximum atomic E-state index is 10.5. The van der Waals surface area contributed by atoms with Gasteiger partial charge in [0.05, 0.1) is 23.0 Å². The molecule has 4 nitrogen and oxygen atoms in total. The van der Waals surface area contributed by atoms with Gasteiger partial charge in [0, 0.05) is 12.6 Å². The molecule has 18 heavy (non-hydrogen) atoms. The molecule has 0 aliphatic rings. The summed E-state index contributed by atoms with van der Waals surface area (Å²) >= 11 is 3.39. The van der Waals surface area contributed by atoms with Gasteiger partial charge in [-0.2, -0.15) is 5.10 Å². The average molecular weight is 311 g/mol. The Morgan fingerprint density at radius 2 is 2.17 bits per heavy atom. The zero-order valence-corrected chi connectivity index (χ0v) is 11.9. The molecule has 0 fully saturated rings. The van der Waals surface area contributed by atoms with Crippen molar-refractivity contribution >= 4 is 15.9 Å². The number of rotatable bonds is 4. The molecule has 0 bridgehead atoms. The van der Waals surface area contributed by atoms with Crippen LogP contribution in [0.1, 0.15) is 24.3 Å². The lowest BCUT2D eigenvalue weighted by Gasteiger charge is -2.16. The van der Waals surface area contributed by atoms with Crippen molar-refractivity contribution in [2.45, 2.75) is 13.0 Å². The number of hydrogen-bond acceptors (Lipinski definition) is 3. The smallest absolute Gasteiger partial charge is 0.125 e. The molecule has 96 valence electrons. The number of nitrogens with zero attached hydrogens (tertiary/aromatic N) is 2. The highest BCUT2D eigenvalue weighted by Gasteiger charge is 2.21. The van der Waals surface area contributed by atoms with Crippen LogP contribution in [0, 0.1) is 0 Å². The molecule has 5 heteroatoms. The van der Waals surface area contributed by atoms with Crippen molar-refractivity contribution in [1.82, 2.24) is 9.78 Å². The summed E-state index contributed by atoms with van der Waals surface area (Å²) in [6, 6.07) is 7.48. The van der Waals surface area contributed by atoms with Crippen molar-refractivity contribution in [2.75, 3.05) is 6.61 Å². The molecule has 1 aromatic heterocycles. The Bertz CT molecular complexity index is 520. The van der Waals surface area contributed by atoms with Gasteiger partial charge in [0.25, 0.3) is 0 Å². The minimum absolute atomic E-state index is 0.566. The van der Waals surface area contributed by atoms with E-state index < -0.39 is 6.10 Å². The van der Waals surface area contributed by atoms with Crippen LogP contribution in [0.15, 0.2) is 34.9 Å². The Kier molecular flexibility index (Phi) is 4.04. The zero-order valence-electron chi connectivity index (χ0n) is 10.3. The monoisotopic (exact) mass is 310 g/mol. The van der Waals surface area contributed by atoms with Gasteiger partial charge in [0.1, 0.15) is 11.9 Å². The molecule has 2 aromatic rings. The maximum Gasteiger partial charge on any atom is 0.125 e. The standard InChI is InChI=1S/C13H15BrN2O2/c1-3-18-11-7-5-4-6-9(11)13(17)12-10(14)8-15-16(12)2/h4-8,13,17H,3H2,1-2H3. The van der Waals surface area contributed by atoms with Gasteiger partial charge in [-0.3, -0.25) is 4.68 Å². The zero-order chi connectivity index (χ0) is 13.1. The van der Waals surface area contributed by atoms with E-state index in [4.69, 9.17) is 4.74 Å². The van der Waals surface area contributed by atoms with Gasteiger partial charge in [-0.15, -0.1) is 0 Å². The Labute approximate surface area is 114 Å². The van der Waals surface area contributed by atoms with E-state index in [0.29, 0.717) is 18.1 Å². The Balaban J connectivity index is 2.43. The SMILES string of the molecule is CCOc1ccccc1C(O)c1c(Br)cnn1C. The fourth-order valence-electron chi connectivity index (χ4n) is 1.87. The number of aliphatic hydroxyl groups excluding tert-OH is 1. The molecular weight excluding hydrogens is 296 g/mol. The highest BCUT2D eigenvalue weighted by molar-refractivity contribution is 9.10. The average Bonchev–Trinajstić information content (AvgIpc) is 2.69. The first-order valence-electron chi connectivity index (χ1n) is 5.72. The van der Waals surface area contributed by atoms with E-state index in [1.807, 2.05) is 31.2 Å². The maximum absolute atomic E-state index is 10.5. The van der Waals surface area contributed by atoms with Gasteiger partial charge >= 0.3 is 0 Å². The third kappa shape index (κ3) is 2.42. The molecule has 2 rings (SSSR count). The van der Waals surface area contributed by atoms with Crippen LogP contribution in [0.2, 0.25) is 0 Å². The lowest BCUT2D eigenvalue weighted by Crippen LogP contribution is -2.09. The summed E-state index contributed by atoms with van der Waals surface area (Å²) in [5, 5.41) is 14.6. The van der Waals surface area contributed by atoms with E-state index in [1.165, 1.54) is 0 Å². The summed E-state index contributed by atoms with van der Waals surface area (Å²) in [5.74, 6) is 0.695. The summed E-state index contributed by atoms with van der Waals surface area (Å²) < 4.78 is 7.96.